The first-order valence-corrected chi connectivity index (χ1v) is 9.19. The van der Waals surface area contributed by atoms with Crippen LogP contribution in [0.3, 0.4) is 0 Å². The fourth-order valence-electron chi connectivity index (χ4n) is 2.81. The lowest BCUT2D eigenvalue weighted by Gasteiger charge is -2.33. The molecule has 0 spiro atoms. The Labute approximate surface area is 178 Å². The van der Waals surface area contributed by atoms with Gasteiger partial charge in [-0.3, -0.25) is 4.79 Å². The molecule has 1 saturated heterocycles. The summed E-state index contributed by atoms with van der Waals surface area (Å²) in [5, 5.41) is 9.41. The van der Waals surface area contributed by atoms with Gasteiger partial charge in [0.25, 0.3) is 0 Å². The minimum atomic E-state index is -0.107. The third-order valence-electron chi connectivity index (χ3n) is 4.16. The maximum absolute atomic E-state index is 11.8. The van der Waals surface area contributed by atoms with E-state index in [1.54, 1.807) is 7.11 Å². The van der Waals surface area contributed by atoms with Gasteiger partial charge in [0.1, 0.15) is 12.4 Å². The van der Waals surface area contributed by atoms with Crippen LogP contribution in [0.5, 0.6) is 0 Å². The predicted molar refractivity (Wildman–Crippen MR) is 119 cm³/mol. The van der Waals surface area contributed by atoms with Crippen molar-refractivity contribution in [1.82, 2.24) is 20.9 Å². The number of nitrogens with one attached hydrogen (secondary N) is 3. The molecular weight excluding hydrogens is 459 g/mol. The van der Waals surface area contributed by atoms with E-state index in [0.717, 1.165) is 38.3 Å². The first-order chi connectivity index (χ1) is 12.7. The Morgan fingerprint density at radius 2 is 2.11 bits per heavy atom. The maximum atomic E-state index is 11.8. The average Bonchev–Trinajstić information content (AvgIpc) is 2.68. The molecule has 1 fully saturated rings. The van der Waals surface area contributed by atoms with Gasteiger partial charge in [-0.2, -0.15) is 0 Å². The van der Waals surface area contributed by atoms with E-state index in [1.165, 1.54) is 0 Å². The molecule has 0 unspecified atom stereocenters. The van der Waals surface area contributed by atoms with E-state index in [-0.39, 0.29) is 36.4 Å². The highest BCUT2D eigenvalue weighted by molar-refractivity contribution is 14.0. The molecule has 3 N–H and O–H groups in total. The van der Waals surface area contributed by atoms with Crippen LogP contribution in [0.15, 0.2) is 29.4 Å². The summed E-state index contributed by atoms with van der Waals surface area (Å²) in [6.45, 7) is 5.77. The fraction of sp³-hybridized carbons (Fsp3) is 0.611. The van der Waals surface area contributed by atoms with E-state index in [4.69, 9.17) is 4.74 Å². The summed E-state index contributed by atoms with van der Waals surface area (Å²) < 4.78 is 4.91. The Hall–Kier alpha value is -1.62. The topological polar surface area (TPSA) is 90.9 Å². The monoisotopic (exact) mass is 490 g/mol. The summed E-state index contributed by atoms with van der Waals surface area (Å²) in [5.74, 6) is 1.61. The van der Waals surface area contributed by atoms with Crippen molar-refractivity contribution in [3.8, 4) is 0 Å². The normalized spacial score (nSPS) is 15.0. The standard InChI is InChI=1S/C18H30N6O2.HI/c1-3-19-18(22-14-17(25)21-10-13-26-2)23-15-7-11-24(12-8-15)16-6-4-5-9-20-16;/h4-6,9,15H,3,7-8,10-14H2,1-2H3,(H,21,25)(H2,19,22,23);1H. The van der Waals surface area contributed by atoms with Gasteiger partial charge in [0.05, 0.1) is 6.61 Å². The molecule has 1 aliphatic heterocycles. The molecule has 2 rings (SSSR count). The number of aromatic nitrogens is 1. The van der Waals surface area contributed by atoms with Crippen molar-refractivity contribution in [2.75, 3.05) is 51.3 Å². The van der Waals surface area contributed by atoms with Gasteiger partial charge >= 0.3 is 0 Å². The van der Waals surface area contributed by atoms with Crippen LogP contribution in [0.2, 0.25) is 0 Å². The number of amides is 1. The summed E-state index contributed by atoms with van der Waals surface area (Å²) in [4.78, 5) is 22.9. The fourth-order valence-corrected chi connectivity index (χ4v) is 2.81. The van der Waals surface area contributed by atoms with Crippen molar-refractivity contribution in [1.29, 1.82) is 0 Å². The van der Waals surface area contributed by atoms with Crippen LogP contribution in [-0.4, -0.2) is 69.3 Å². The van der Waals surface area contributed by atoms with Crippen LogP contribution < -0.4 is 20.9 Å². The number of carbonyl (C=O) groups excluding carboxylic acids is 1. The second-order valence-electron chi connectivity index (χ2n) is 6.13. The van der Waals surface area contributed by atoms with Gasteiger partial charge in [0.15, 0.2) is 5.96 Å². The number of pyridine rings is 1. The summed E-state index contributed by atoms with van der Waals surface area (Å²) >= 11 is 0. The Balaban J connectivity index is 0.00000364. The summed E-state index contributed by atoms with van der Waals surface area (Å²) in [6, 6.07) is 6.33. The number of rotatable bonds is 8. The molecule has 0 radical (unpaired) electrons. The Morgan fingerprint density at radius 1 is 1.33 bits per heavy atom. The van der Waals surface area contributed by atoms with E-state index < -0.39 is 0 Å². The van der Waals surface area contributed by atoms with E-state index in [1.807, 2.05) is 31.3 Å². The lowest BCUT2D eigenvalue weighted by molar-refractivity contribution is -0.119. The minimum Gasteiger partial charge on any atom is -0.383 e. The molecule has 2 heterocycles. The van der Waals surface area contributed by atoms with Gasteiger partial charge in [-0.05, 0) is 31.9 Å². The van der Waals surface area contributed by atoms with Crippen molar-refractivity contribution >= 4 is 41.7 Å². The zero-order chi connectivity index (χ0) is 18.6. The molecule has 152 valence electrons. The second kappa shape index (κ2) is 13.5. The molecule has 0 atom stereocenters. The molecule has 1 amide bonds. The Kier molecular flexibility index (Phi) is 11.7. The number of hydrogen-bond acceptors (Lipinski definition) is 5. The highest BCUT2D eigenvalue weighted by Crippen LogP contribution is 2.17. The lowest BCUT2D eigenvalue weighted by atomic mass is 10.1. The Morgan fingerprint density at radius 3 is 2.74 bits per heavy atom. The van der Waals surface area contributed by atoms with Crippen molar-refractivity contribution in [2.45, 2.75) is 25.8 Å². The zero-order valence-corrected chi connectivity index (χ0v) is 18.4. The number of halogens is 1. The SMILES string of the molecule is CCNC(=NCC(=O)NCCOC)NC1CCN(c2ccccn2)CC1.I. The van der Waals surface area contributed by atoms with Crippen LogP contribution in [0, 0.1) is 0 Å². The number of guanidine groups is 1. The van der Waals surface area contributed by atoms with Crippen LogP contribution in [0.25, 0.3) is 0 Å². The highest BCUT2D eigenvalue weighted by atomic mass is 127. The smallest absolute Gasteiger partial charge is 0.241 e. The lowest BCUT2D eigenvalue weighted by Crippen LogP contribution is -2.49. The maximum Gasteiger partial charge on any atom is 0.241 e. The first kappa shape index (κ1) is 23.4. The van der Waals surface area contributed by atoms with Gasteiger partial charge in [0.2, 0.25) is 5.91 Å². The van der Waals surface area contributed by atoms with Crippen molar-refractivity contribution in [2.24, 2.45) is 4.99 Å². The molecule has 0 aromatic carbocycles. The number of nitrogens with zero attached hydrogens (tertiary/aromatic N) is 3. The van der Waals surface area contributed by atoms with Gasteiger partial charge in [0, 0.05) is 45.5 Å². The van der Waals surface area contributed by atoms with Crippen molar-refractivity contribution in [3.63, 3.8) is 0 Å². The first-order valence-electron chi connectivity index (χ1n) is 9.19. The predicted octanol–water partition coefficient (Wildman–Crippen LogP) is 0.986. The van der Waals surface area contributed by atoms with Gasteiger partial charge < -0.3 is 25.6 Å². The van der Waals surface area contributed by atoms with Gasteiger partial charge in [-0.1, -0.05) is 6.07 Å². The largest absolute Gasteiger partial charge is 0.383 e. The number of hydrogen-bond donors (Lipinski definition) is 3. The van der Waals surface area contributed by atoms with Crippen molar-refractivity contribution in [3.05, 3.63) is 24.4 Å². The molecule has 1 aromatic heterocycles. The third kappa shape index (κ3) is 8.74. The number of aliphatic imine (C=N–C) groups is 1. The molecule has 0 saturated carbocycles. The number of methoxy groups -OCH3 is 1. The molecule has 9 heteroatoms. The number of piperidine rings is 1. The molecule has 27 heavy (non-hydrogen) atoms. The molecular formula is C18H31IN6O2. The van der Waals surface area contributed by atoms with Crippen LogP contribution in [-0.2, 0) is 9.53 Å². The number of anilines is 1. The summed E-state index contributed by atoms with van der Waals surface area (Å²) in [6.07, 6.45) is 3.83. The van der Waals surface area contributed by atoms with E-state index in [0.29, 0.717) is 25.2 Å². The second-order valence-corrected chi connectivity index (χ2v) is 6.13. The number of carbonyl (C=O) groups is 1. The van der Waals surface area contributed by atoms with Crippen LogP contribution in [0.1, 0.15) is 19.8 Å². The van der Waals surface area contributed by atoms with E-state index in [2.05, 4.69) is 30.8 Å². The third-order valence-corrected chi connectivity index (χ3v) is 4.16. The van der Waals surface area contributed by atoms with Crippen LogP contribution in [0.4, 0.5) is 5.82 Å². The Bertz CT molecular complexity index is 564. The van der Waals surface area contributed by atoms with Gasteiger partial charge in [-0.25, -0.2) is 9.98 Å². The quantitative estimate of drug-likeness (QED) is 0.218. The van der Waals surface area contributed by atoms with E-state index >= 15 is 0 Å². The highest BCUT2D eigenvalue weighted by Gasteiger charge is 2.20. The molecule has 0 aliphatic carbocycles. The molecule has 1 aromatic rings. The average molecular weight is 490 g/mol. The summed E-state index contributed by atoms with van der Waals surface area (Å²) in [5.41, 5.74) is 0. The van der Waals surface area contributed by atoms with Crippen LogP contribution >= 0.6 is 24.0 Å². The van der Waals surface area contributed by atoms with E-state index in [9.17, 15) is 4.79 Å². The number of ether oxygens (including phenoxy) is 1. The molecule has 0 bridgehead atoms. The zero-order valence-electron chi connectivity index (χ0n) is 16.1. The minimum absolute atomic E-state index is 0. The van der Waals surface area contributed by atoms with Gasteiger partial charge in [-0.15, -0.1) is 24.0 Å². The summed E-state index contributed by atoms with van der Waals surface area (Å²) in [7, 11) is 1.61. The molecule has 8 nitrogen and oxygen atoms in total. The van der Waals surface area contributed by atoms with Crippen molar-refractivity contribution < 1.29 is 9.53 Å². The molecule has 1 aliphatic rings.